The summed E-state index contributed by atoms with van der Waals surface area (Å²) < 4.78 is 8.94. The topological polar surface area (TPSA) is 37.9 Å². The molecular formula is C44H26N2O. The highest BCUT2D eigenvalue weighted by Gasteiger charge is 2.50. The minimum atomic E-state index is -0.511. The Morgan fingerprint density at radius 3 is 1.81 bits per heavy atom. The largest absolute Gasteiger partial charge is 0.457 e. The quantitative estimate of drug-likeness (QED) is 0.199. The molecule has 218 valence electrons. The Hall–Kier alpha value is -6.37. The molecule has 1 aromatic heterocycles. The molecule has 1 aliphatic carbocycles. The van der Waals surface area contributed by atoms with Gasteiger partial charge < -0.3 is 9.30 Å². The zero-order valence-corrected chi connectivity index (χ0v) is 25.3. The molecule has 0 amide bonds. The van der Waals surface area contributed by atoms with Gasteiger partial charge in [0.15, 0.2) is 0 Å². The van der Waals surface area contributed by atoms with Crippen LogP contribution < -0.4 is 4.74 Å². The predicted molar refractivity (Wildman–Crippen MR) is 188 cm³/mol. The van der Waals surface area contributed by atoms with Crippen molar-refractivity contribution in [1.82, 2.24) is 4.57 Å². The van der Waals surface area contributed by atoms with Crippen LogP contribution in [-0.4, -0.2) is 4.57 Å². The van der Waals surface area contributed by atoms with Gasteiger partial charge in [0.1, 0.15) is 11.5 Å². The number of benzene rings is 7. The van der Waals surface area contributed by atoms with E-state index in [1.165, 1.54) is 22.3 Å². The van der Waals surface area contributed by atoms with E-state index in [4.69, 9.17) is 4.74 Å². The van der Waals surface area contributed by atoms with Crippen molar-refractivity contribution < 1.29 is 4.74 Å². The molecule has 3 heteroatoms. The molecule has 0 radical (unpaired) electrons. The fourth-order valence-corrected chi connectivity index (χ4v) is 8.16. The zero-order chi connectivity index (χ0) is 31.1. The van der Waals surface area contributed by atoms with Gasteiger partial charge in [-0.05, 0) is 94.0 Å². The molecule has 0 bridgehead atoms. The van der Waals surface area contributed by atoms with Crippen LogP contribution in [0.5, 0.6) is 11.5 Å². The summed E-state index contributed by atoms with van der Waals surface area (Å²) >= 11 is 0. The Bertz CT molecular complexity index is 2580. The van der Waals surface area contributed by atoms with Gasteiger partial charge in [-0.25, -0.2) is 0 Å². The first kappa shape index (κ1) is 25.9. The maximum Gasteiger partial charge on any atom is 0.132 e. The molecule has 0 saturated carbocycles. The lowest BCUT2D eigenvalue weighted by Gasteiger charge is -2.39. The standard InChI is InChI=1S/C44H26N2O/c45-27-28-18-21-40-34(24-28)35-25-29(19-22-41(35)46(40)31-10-2-1-3-11-31)30-20-23-43-39(26-30)44(38-16-8-9-17-42(38)47-43)36-14-6-4-12-32(36)33-13-5-7-15-37(33)44/h1-26H. The van der Waals surface area contributed by atoms with E-state index in [-0.39, 0.29) is 0 Å². The molecule has 47 heavy (non-hydrogen) atoms. The summed E-state index contributed by atoms with van der Waals surface area (Å²) in [4.78, 5) is 0. The Morgan fingerprint density at radius 1 is 0.489 bits per heavy atom. The molecule has 0 atom stereocenters. The minimum Gasteiger partial charge on any atom is -0.457 e. The summed E-state index contributed by atoms with van der Waals surface area (Å²) in [6, 6.07) is 58.2. The molecular weight excluding hydrogens is 572 g/mol. The van der Waals surface area contributed by atoms with E-state index in [0.717, 1.165) is 61.2 Å². The van der Waals surface area contributed by atoms with Gasteiger partial charge in [-0.15, -0.1) is 0 Å². The van der Waals surface area contributed by atoms with Crippen LogP contribution in [0.2, 0.25) is 0 Å². The van der Waals surface area contributed by atoms with Crippen LogP contribution in [0.3, 0.4) is 0 Å². The van der Waals surface area contributed by atoms with Crippen LogP contribution in [-0.2, 0) is 5.41 Å². The SMILES string of the molecule is N#Cc1ccc2c(c1)c1cc(-c3ccc4c(c3)C3(c5ccccc5O4)c4ccccc4-c4ccccc43)ccc1n2-c1ccccc1. The van der Waals surface area contributed by atoms with Crippen LogP contribution >= 0.6 is 0 Å². The second-order valence-corrected chi connectivity index (χ2v) is 12.4. The highest BCUT2D eigenvalue weighted by atomic mass is 16.5. The summed E-state index contributed by atoms with van der Waals surface area (Å²) in [7, 11) is 0. The fourth-order valence-electron chi connectivity index (χ4n) is 8.16. The van der Waals surface area contributed by atoms with Crippen molar-refractivity contribution in [2.45, 2.75) is 5.41 Å². The maximum absolute atomic E-state index is 9.78. The second kappa shape index (κ2) is 9.57. The Kier molecular flexibility index (Phi) is 5.27. The Balaban J connectivity index is 1.24. The van der Waals surface area contributed by atoms with E-state index in [1.807, 2.05) is 18.2 Å². The first-order chi connectivity index (χ1) is 23.3. The van der Waals surface area contributed by atoms with Gasteiger partial charge >= 0.3 is 0 Å². The number of rotatable bonds is 2. The smallest absolute Gasteiger partial charge is 0.132 e. The number of hydrogen-bond acceptors (Lipinski definition) is 2. The highest BCUT2D eigenvalue weighted by Crippen LogP contribution is 2.62. The van der Waals surface area contributed by atoms with Crippen LogP contribution in [0.1, 0.15) is 27.8 Å². The van der Waals surface area contributed by atoms with E-state index in [2.05, 4.69) is 150 Å². The first-order valence-electron chi connectivity index (χ1n) is 15.9. The molecule has 2 heterocycles. The molecule has 0 unspecified atom stereocenters. The molecule has 2 aliphatic rings. The fraction of sp³-hybridized carbons (Fsp3) is 0.0227. The molecule has 0 fully saturated rings. The van der Waals surface area contributed by atoms with Crippen molar-refractivity contribution in [2.75, 3.05) is 0 Å². The van der Waals surface area contributed by atoms with Crippen LogP contribution in [0.15, 0.2) is 158 Å². The maximum atomic E-state index is 9.78. The van der Waals surface area contributed by atoms with Gasteiger partial charge in [0.05, 0.1) is 28.1 Å². The first-order valence-corrected chi connectivity index (χ1v) is 15.9. The summed E-state index contributed by atoms with van der Waals surface area (Å²) in [6.07, 6.45) is 0. The molecule has 0 saturated heterocycles. The number of aromatic nitrogens is 1. The number of hydrogen-bond donors (Lipinski definition) is 0. The van der Waals surface area contributed by atoms with Gasteiger partial charge in [-0.2, -0.15) is 5.26 Å². The zero-order valence-electron chi connectivity index (χ0n) is 25.3. The third kappa shape index (κ3) is 3.44. The van der Waals surface area contributed by atoms with Crippen molar-refractivity contribution in [3.63, 3.8) is 0 Å². The number of nitrogens with zero attached hydrogens (tertiary/aromatic N) is 2. The number of ether oxygens (including phenoxy) is 1. The normalized spacial score (nSPS) is 13.4. The lowest BCUT2D eigenvalue weighted by Crippen LogP contribution is -2.32. The van der Waals surface area contributed by atoms with Gasteiger partial charge in [-0.3, -0.25) is 0 Å². The minimum absolute atomic E-state index is 0.511. The lowest BCUT2D eigenvalue weighted by molar-refractivity contribution is 0.436. The van der Waals surface area contributed by atoms with Crippen LogP contribution in [0.25, 0.3) is 49.7 Å². The molecule has 1 aliphatic heterocycles. The Labute approximate surface area is 272 Å². The molecule has 7 aromatic carbocycles. The van der Waals surface area contributed by atoms with Gasteiger partial charge in [0.2, 0.25) is 0 Å². The number of para-hydroxylation sites is 2. The number of fused-ring (bicyclic) bond motifs is 12. The van der Waals surface area contributed by atoms with Crippen LogP contribution in [0.4, 0.5) is 0 Å². The van der Waals surface area contributed by atoms with E-state index in [1.54, 1.807) is 0 Å². The summed E-state index contributed by atoms with van der Waals surface area (Å²) in [5.41, 5.74) is 13.0. The third-order valence-corrected chi connectivity index (χ3v) is 10.1. The van der Waals surface area contributed by atoms with E-state index in [9.17, 15) is 5.26 Å². The van der Waals surface area contributed by atoms with E-state index < -0.39 is 5.41 Å². The second-order valence-electron chi connectivity index (χ2n) is 12.4. The number of nitriles is 1. The van der Waals surface area contributed by atoms with Gasteiger partial charge in [0, 0.05) is 27.6 Å². The van der Waals surface area contributed by atoms with Crippen molar-refractivity contribution in [3.8, 4) is 45.5 Å². The van der Waals surface area contributed by atoms with E-state index >= 15 is 0 Å². The summed E-state index contributed by atoms with van der Waals surface area (Å²) in [5.74, 6) is 1.77. The van der Waals surface area contributed by atoms with Crippen molar-refractivity contribution in [2.24, 2.45) is 0 Å². The van der Waals surface area contributed by atoms with Crippen molar-refractivity contribution in [1.29, 1.82) is 5.26 Å². The highest BCUT2D eigenvalue weighted by molar-refractivity contribution is 6.11. The summed E-state index contributed by atoms with van der Waals surface area (Å²) in [5, 5.41) is 12.0. The average Bonchev–Trinajstić information content (AvgIpc) is 3.62. The Morgan fingerprint density at radius 2 is 1.06 bits per heavy atom. The average molecular weight is 599 g/mol. The lowest BCUT2D eigenvalue weighted by atomic mass is 9.66. The third-order valence-electron chi connectivity index (χ3n) is 10.1. The van der Waals surface area contributed by atoms with Crippen molar-refractivity contribution >= 4 is 21.8 Å². The molecule has 3 nitrogen and oxygen atoms in total. The monoisotopic (exact) mass is 598 g/mol. The van der Waals surface area contributed by atoms with E-state index in [0.29, 0.717) is 5.56 Å². The van der Waals surface area contributed by atoms with Gasteiger partial charge in [-0.1, -0.05) is 97.1 Å². The molecule has 1 spiro atoms. The predicted octanol–water partition coefficient (Wildman–Crippen LogP) is 10.8. The molecule has 8 aromatic rings. The molecule has 0 N–H and O–H groups in total. The molecule has 10 rings (SSSR count). The van der Waals surface area contributed by atoms with Crippen molar-refractivity contribution in [3.05, 3.63) is 186 Å². The van der Waals surface area contributed by atoms with Gasteiger partial charge in [0.25, 0.3) is 0 Å². The van der Waals surface area contributed by atoms with Crippen LogP contribution in [0, 0.1) is 11.3 Å². The summed E-state index contributed by atoms with van der Waals surface area (Å²) in [6.45, 7) is 0.